The molecule has 3 saturated carbocycles. The van der Waals surface area contributed by atoms with Crippen LogP contribution in [0.5, 0.6) is 0 Å². The summed E-state index contributed by atoms with van der Waals surface area (Å²) >= 11 is 0. The zero-order chi connectivity index (χ0) is 23.0. The number of hydrogen-bond acceptors (Lipinski definition) is 0. The highest BCUT2D eigenvalue weighted by Crippen LogP contribution is 2.45. The van der Waals surface area contributed by atoms with Crippen LogP contribution in [0.4, 0.5) is 4.39 Å². The van der Waals surface area contributed by atoms with Gasteiger partial charge in [0.15, 0.2) is 0 Å². The third-order valence-corrected chi connectivity index (χ3v) is 9.72. The van der Waals surface area contributed by atoms with Crippen LogP contribution in [0.25, 0.3) is 0 Å². The van der Waals surface area contributed by atoms with Crippen molar-refractivity contribution in [2.45, 2.75) is 128 Å². The third-order valence-electron chi connectivity index (χ3n) is 9.72. The van der Waals surface area contributed by atoms with Crippen molar-refractivity contribution in [3.8, 4) is 0 Å². The number of halogens is 1. The van der Waals surface area contributed by atoms with Crippen molar-refractivity contribution in [2.24, 2.45) is 23.7 Å². The fraction of sp³-hybridized carbons (Fsp3) is 0.750. The van der Waals surface area contributed by atoms with Crippen LogP contribution >= 0.6 is 0 Å². The van der Waals surface area contributed by atoms with Crippen LogP contribution in [0.1, 0.15) is 140 Å². The van der Waals surface area contributed by atoms with Crippen LogP contribution in [-0.4, -0.2) is 0 Å². The van der Waals surface area contributed by atoms with Gasteiger partial charge in [-0.3, -0.25) is 0 Å². The van der Waals surface area contributed by atoms with E-state index in [4.69, 9.17) is 0 Å². The maximum atomic E-state index is 15.2. The first-order chi connectivity index (χ1) is 16.2. The lowest BCUT2D eigenvalue weighted by Gasteiger charge is -2.37. The molecule has 1 aromatic rings. The number of unbranched alkanes of at least 4 members (excludes halogenated alkanes) is 2. The zero-order valence-corrected chi connectivity index (χ0v) is 21.5. The van der Waals surface area contributed by atoms with Crippen LogP contribution in [0.3, 0.4) is 0 Å². The fourth-order valence-electron chi connectivity index (χ4n) is 7.58. The topological polar surface area (TPSA) is 0 Å². The van der Waals surface area contributed by atoms with Gasteiger partial charge in [-0.25, -0.2) is 4.39 Å². The van der Waals surface area contributed by atoms with Gasteiger partial charge in [-0.15, -0.1) is 0 Å². The Morgan fingerprint density at radius 2 is 1.42 bits per heavy atom. The van der Waals surface area contributed by atoms with Gasteiger partial charge in [-0.05, 0) is 137 Å². The molecular weight excluding hydrogens is 403 g/mol. The molecule has 3 aliphatic rings. The van der Waals surface area contributed by atoms with Crippen molar-refractivity contribution in [3.05, 3.63) is 47.3 Å². The van der Waals surface area contributed by atoms with Gasteiger partial charge in [0, 0.05) is 0 Å². The summed E-state index contributed by atoms with van der Waals surface area (Å²) in [7, 11) is 0. The van der Waals surface area contributed by atoms with Gasteiger partial charge < -0.3 is 0 Å². The molecule has 33 heavy (non-hydrogen) atoms. The van der Waals surface area contributed by atoms with E-state index >= 15 is 4.39 Å². The van der Waals surface area contributed by atoms with Crippen LogP contribution in [-0.2, 0) is 0 Å². The first kappa shape index (κ1) is 25.0. The van der Waals surface area contributed by atoms with E-state index in [1.54, 1.807) is 0 Å². The summed E-state index contributed by atoms with van der Waals surface area (Å²) in [5, 5.41) is 0. The van der Waals surface area contributed by atoms with E-state index in [9.17, 15) is 0 Å². The summed E-state index contributed by atoms with van der Waals surface area (Å²) in [4.78, 5) is 0. The van der Waals surface area contributed by atoms with Crippen LogP contribution in [0.15, 0.2) is 30.4 Å². The Labute approximate surface area is 203 Å². The minimum absolute atomic E-state index is 0.0906. The molecule has 0 N–H and O–H groups in total. The molecule has 1 aromatic carbocycles. The maximum absolute atomic E-state index is 15.2. The predicted octanol–water partition coefficient (Wildman–Crippen LogP) is 10.3. The number of hydrogen-bond donors (Lipinski definition) is 0. The average Bonchev–Trinajstić information content (AvgIpc) is 2.85. The van der Waals surface area contributed by atoms with E-state index in [1.807, 2.05) is 6.07 Å². The van der Waals surface area contributed by atoms with Crippen molar-refractivity contribution in [2.75, 3.05) is 0 Å². The third kappa shape index (κ3) is 6.73. The molecule has 0 unspecified atom stereocenters. The Bertz CT molecular complexity index is 725. The SMILES string of the molecule is C/C=C\C1CCC(C2CCC(c3ccc(C4CCC(CCCCC)CC4)cc3F)CC2)CC1. The second-order valence-electron chi connectivity index (χ2n) is 11.8. The molecule has 0 atom stereocenters. The van der Waals surface area contributed by atoms with Gasteiger partial charge in [0.05, 0.1) is 0 Å². The summed E-state index contributed by atoms with van der Waals surface area (Å²) in [5.74, 6) is 4.69. The summed E-state index contributed by atoms with van der Waals surface area (Å²) in [6, 6.07) is 6.38. The molecule has 0 bridgehead atoms. The quantitative estimate of drug-likeness (QED) is 0.272. The van der Waals surface area contributed by atoms with E-state index < -0.39 is 0 Å². The van der Waals surface area contributed by atoms with E-state index in [1.165, 1.54) is 108 Å². The maximum Gasteiger partial charge on any atom is 0.126 e. The summed E-state index contributed by atoms with van der Waals surface area (Å²) in [5.41, 5.74) is 2.29. The molecule has 3 fully saturated rings. The standard InChI is InChI=1S/C32H49F/c1-3-5-6-8-25-11-15-28(16-12-25)30-21-22-31(32(33)23-30)29-19-17-27(18-20-29)26-13-9-24(7-4-2)10-14-26/h4,7,21-29H,3,5-6,8-20H2,1-2H3/b7-4-. The van der Waals surface area contributed by atoms with Gasteiger partial charge in [0.25, 0.3) is 0 Å². The largest absolute Gasteiger partial charge is 0.207 e. The molecule has 0 saturated heterocycles. The van der Waals surface area contributed by atoms with Gasteiger partial charge in [-0.1, -0.05) is 56.9 Å². The van der Waals surface area contributed by atoms with Crippen LogP contribution in [0.2, 0.25) is 0 Å². The lowest BCUT2D eigenvalue weighted by molar-refractivity contribution is 0.171. The first-order valence-electron chi connectivity index (χ1n) is 14.6. The lowest BCUT2D eigenvalue weighted by Crippen LogP contribution is -2.25. The molecule has 1 heteroatoms. The number of benzene rings is 1. The molecule has 0 spiro atoms. The lowest BCUT2D eigenvalue weighted by atomic mass is 9.68. The smallest absolute Gasteiger partial charge is 0.126 e. The monoisotopic (exact) mass is 452 g/mol. The van der Waals surface area contributed by atoms with E-state index in [2.05, 4.69) is 38.1 Å². The number of allylic oxidation sites excluding steroid dienone is 2. The van der Waals surface area contributed by atoms with Crippen molar-refractivity contribution in [1.29, 1.82) is 0 Å². The minimum atomic E-state index is 0.0906. The van der Waals surface area contributed by atoms with Crippen molar-refractivity contribution in [1.82, 2.24) is 0 Å². The van der Waals surface area contributed by atoms with Gasteiger partial charge in [-0.2, -0.15) is 0 Å². The van der Waals surface area contributed by atoms with Gasteiger partial charge in [0.1, 0.15) is 5.82 Å². The normalized spacial score (nSPS) is 33.4. The first-order valence-corrected chi connectivity index (χ1v) is 14.6. The van der Waals surface area contributed by atoms with Crippen molar-refractivity contribution >= 4 is 0 Å². The Balaban J connectivity index is 1.25. The Morgan fingerprint density at radius 3 is 2.03 bits per heavy atom. The zero-order valence-electron chi connectivity index (χ0n) is 21.5. The Morgan fingerprint density at radius 1 is 0.788 bits per heavy atom. The fourth-order valence-corrected chi connectivity index (χ4v) is 7.58. The molecule has 0 aromatic heterocycles. The molecule has 3 aliphatic carbocycles. The highest BCUT2D eigenvalue weighted by Gasteiger charge is 2.32. The van der Waals surface area contributed by atoms with Gasteiger partial charge in [0.2, 0.25) is 0 Å². The van der Waals surface area contributed by atoms with Crippen LogP contribution < -0.4 is 0 Å². The summed E-state index contributed by atoms with van der Waals surface area (Å²) in [6.07, 6.45) is 26.0. The summed E-state index contributed by atoms with van der Waals surface area (Å²) in [6.45, 7) is 4.44. The van der Waals surface area contributed by atoms with E-state index in [-0.39, 0.29) is 5.82 Å². The Kier molecular flexibility index (Phi) is 9.51. The highest BCUT2D eigenvalue weighted by molar-refractivity contribution is 5.30. The molecule has 0 heterocycles. The predicted molar refractivity (Wildman–Crippen MR) is 140 cm³/mol. The van der Waals surface area contributed by atoms with Crippen molar-refractivity contribution in [3.63, 3.8) is 0 Å². The molecule has 184 valence electrons. The molecule has 4 rings (SSSR count). The molecule has 0 nitrogen and oxygen atoms in total. The Hall–Kier alpha value is -1.11. The average molecular weight is 453 g/mol. The van der Waals surface area contributed by atoms with E-state index in [0.717, 1.165) is 29.2 Å². The molecule has 0 amide bonds. The van der Waals surface area contributed by atoms with Gasteiger partial charge >= 0.3 is 0 Å². The minimum Gasteiger partial charge on any atom is -0.207 e. The summed E-state index contributed by atoms with van der Waals surface area (Å²) < 4.78 is 15.2. The second kappa shape index (κ2) is 12.6. The van der Waals surface area contributed by atoms with E-state index in [0.29, 0.717) is 11.8 Å². The highest BCUT2D eigenvalue weighted by atomic mass is 19.1. The van der Waals surface area contributed by atoms with Crippen LogP contribution in [0, 0.1) is 29.5 Å². The number of rotatable bonds is 8. The van der Waals surface area contributed by atoms with Crippen molar-refractivity contribution < 1.29 is 4.39 Å². The second-order valence-corrected chi connectivity index (χ2v) is 11.8. The molecule has 0 radical (unpaired) electrons. The molecular formula is C32H49F. The molecule has 0 aliphatic heterocycles.